The quantitative estimate of drug-likeness (QED) is 0.857. The number of nitrogens with zero attached hydrogens (tertiary/aromatic N) is 1. The molecule has 0 aliphatic carbocycles. The molecule has 1 heterocycles. The summed E-state index contributed by atoms with van der Waals surface area (Å²) in [5, 5.41) is 8.82. The van der Waals surface area contributed by atoms with Crippen molar-refractivity contribution in [3.8, 4) is 5.75 Å². The van der Waals surface area contributed by atoms with E-state index >= 15 is 0 Å². The maximum atomic E-state index is 10.8. The summed E-state index contributed by atoms with van der Waals surface area (Å²) in [5.41, 5.74) is 0.805. The number of benzene rings is 1. The van der Waals surface area contributed by atoms with Crippen molar-refractivity contribution < 1.29 is 14.6 Å². The van der Waals surface area contributed by atoms with Gasteiger partial charge in [-0.15, -0.1) is 0 Å². The summed E-state index contributed by atoms with van der Waals surface area (Å²) in [6, 6.07) is 10.9. The van der Waals surface area contributed by atoms with E-state index < -0.39 is 5.97 Å². The Kier molecular flexibility index (Phi) is 4.14. The van der Waals surface area contributed by atoms with Crippen LogP contribution in [0.4, 0.5) is 0 Å². The van der Waals surface area contributed by atoms with Crippen LogP contribution in [-0.2, 0) is 6.61 Å². The molecule has 0 atom stereocenters. The molecule has 0 aliphatic rings. The van der Waals surface area contributed by atoms with Gasteiger partial charge >= 0.3 is 5.97 Å². The Morgan fingerprint density at radius 1 is 1.28 bits per heavy atom. The lowest BCUT2D eigenvalue weighted by molar-refractivity contribution is 0.0690. The first-order valence-corrected chi connectivity index (χ1v) is 6.29. The molecule has 1 N–H and O–H groups in total. The molecule has 18 heavy (non-hydrogen) atoms. The first kappa shape index (κ1) is 12.8. The van der Waals surface area contributed by atoms with Crippen LogP contribution in [-0.4, -0.2) is 16.1 Å². The maximum Gasteiger partial charge on any atom is 0.354 e. The highest BCUT2D eigenvalue weighted by atomic mass is 127. The van der Waals surface area contributed by atoms with Gasteiger partial charge in [-0.05, 0) is 64.6 Å². The zero-order valence-corrected chi connectivity index (χ0v) is 11.5. The Labute approximate surface area is 118 Å². The Hall–Kier alpha value is -1.63. The van der Waals surface area contributed by atoms with Crippen molar-refractivity contribution in [1.29, 1.82) is 0 Å². The number of aromatic carboxylic acids is 1. The minimum absolute atomic E-state index is 0.0266. The number of carboxylic acid groups (broad SMARTS) is 1. The minimum Gasteiger partial charge on any atom is -0.489 e. The molecule has 0 saturated carbocycles. The van der Waals surface area contributed by atoms with Gasteiger partial charge in [0.2, 0.25) is 0 Å². The topological polar surface area (TPSA) is 59.4 Å². The second-order valence-electron chi connectivity index (χ2n) is 3.60. The van der Waals surface area contributed by atoms with Crippen LogP contribution in [0.2, 0.25) is 0 Å². The van der Waals surface area contributed by atoms with Crippen molar-refractivity contribution in [3.05, 3.63) is 57.4 Å². The zero-order valence-electron chi connectivity index (χ0n) is 9.34. The van der Waals surface area contributed by atoms with Crippen molar-refractivity contribution >= 4 is 28.6 Å². The monoisotopic (exact) mass is 355 g/mol. The molecule has 92 valence electrons. The van der Waals surface area contributed by atoms with Crippen LogP contribution in [0.25, 0.3) is 0 Å². The summed E-state index contributed by atoms with van der Waals surface area (Å²) in [5.74, 6) is -0.282. The first-order chi connectivity index (χ1) is 8.65. The fraction of sp³-hybridized carbons (Fsp3) is 0.0769. The third kappa shape index (κ3) is 3.43. The Morgan fingerprint density at radius 3 is 2.67 bits per heavy atom. The van der Waals surface area contributed by atoms with Gasteiger partial charge in [-0.1, -0.05) is 0 Å². The summed E-state index contributed by atoms with van der Waals surface area (Å²) in [4.78, 5) is 14.5. The van der Waals surface area contributed by atoms with E-state index in [4.69, 9.17) is 9.84 Å². The van der Waals surface area contributed by atoms with E-state index in [1.165, 1.54) is 12.3 Å². The Balaban J connectivity index is 2.04. The van der Waals surface area contributed by atoms with Crippen LogP contribution in [0.3, 0.4) is 0 Å². The van der Waals surface area contributed by atoms with Crippen LogP contribution >= 0.6 is 22.6 Å². The molecule has 0 bridgehead atoms. The number of ether oxygens (including phenoxy) is 1. The Bertz CT molecular complexity index is 554. The predicted octanol–water partition coefficient (Wildman–Crippen LogP) is 2.96. The van der Waals surface area contributed by atoms with Gasteiger partial charge in [0.15, 0.2) is 0 Å². The number of carboxylic acids is 1. The lowest BCUT2D eigenvalue weighted by Gasteiger charge is -2.06. The van der Waals surface area contributed by atoms with Gasteiger partial charge in [-0.2, -0.15) is 0 Å². The van der Waals surface area contributed by atoms with E-state index in [2.05, 4.69) is 27.6 Å². The van der Waals surface area contributed by atoms with Gasteiger partial charge in [0.25, 0.3) is 0 Å². The molecule has 0 radical (unpaired) electrons. The van der Waals surface area contributed by atoms with Crippen LogP contribution < -0.4 is 4.74 Å². The summed E-state index contributed by atoms with van der Waals surface area (Å²) in [6.45, 7) is 0.323. The van der Waals surface area contributed by atoms with Gasteiger partial charge in [0.1, 0.15) is 18.1 Å². The molecule has 2 aromatic rings. The molecule has 0 saturated heterocycles. The molecule has 0 spiro atoms. The van der Waals surface area contributed by atoms with Gasteiger partial charge in [0, 0.05) is 9.77 Å². The van der Waals surface area contributed by atoms with E-state index in [-0.39, 0.29) is 5.69 Å². The standard InChI is InChI=1S/C13H10INO3/c14-10-1-3-11(4-2-10)18-8-9-5-6-15-12(7-9)13(16)17/h1-7H,8H2,(H,16,17). The van der Waals surface area contributed by atoms with E-state index in [1.54, 1.807) is 6.07 Å². The summed E-state index contributed by atoms with van der Waals surface area (Å²) in [6.07, 6.45) is 1.47. The smallest absolute Gasteiger partial charge is 0.354 e. The van der Waals surface area contributed by atoms with Crippen LogP contribution in [0, 0.1) is 3.57 Å². The van der Waals surface area contributed by atoms with Crippen molar-refractivity contribution in [3.63, 3.8) is 0 Å². The molecule has 0 unspecified atom stereocenters. The van der Waals surface area contributed by atoms with Crippen LogP contribution in [0.5, 0.6) is 5.75 Å². The highest BCUT2D eigenvalue weighted by Gasteiger charge is 2.05. The van der Waals surface area contributed by atoms with Gasteiger partial charge < -0.3 is 9.84 Å². The molecule has 1 aromatic heterocycles. The predicted molar refractivity (Wildman–Crippen MR) is 74.7 cm³/mol. The molecule has 4 nitrogen and oxygen atoms in total. The molecule has 0 fully saturated rings. The van der Waals surface area contributed by atoms with Crippen LogP contribution in [0.15, 0.2) is 42.6 Å². The van der Waals surface area contributed by atoms with E-state index in [9.17, 15) is 4.79 Å². The number of aromatic nitrogens is 1. The number of carbonyl (C=O) groups is 1. The molecular weight excluding hydrogens is 345 g/mol. The second-order valence-corrected chi connectivity index (χ2v) is 4.84. The molecule has 5 heteroatoms. The van der Waals surface area contributed by atoms with Crippen LogP contribution in [0.1, 0.15) is 16.1 Å². The van der Waals surface area contributed by atoms with E-state index in [1.807, 2.05) is 24.3 Å². The van der Waals surface area contributed by atoms with Crippen molar-refractivity contribution in [2.75, 3.05) is 0 Å². The highest BCUT2D eigenvalue weighted by molar-refractivity contribution is 14.1. The van der Waals surface area contributed by atoms with Crippen molar-refractivity contribution in [2.45, 2.75) is 6.61 Å². The fourth-order valence-corrected chi connectivity index (χ4v) is 1.74. The van der Waals surface area contributed by atoms with Crippen molar-refractivity contribution in [2.24, 2.45) is 0 Å². The molecule has 0 aliphatic heterocycles. The zero-order chi connectivity index (χ0) is 13.0. The minimum atomic E-state index is -1.04. The number of halogens is 1. The lowest BCUT2D eigenvalue weighted by atomic mass is 10.2. The normalized spacial score (nSPS) is 10.1. The number of hydrogen-bond donors (Lipinski definition) is 1. The van der Waals surface area contributed by atoms with Crippen molar-refractivity contribution in [1.82, 2.24) is 4.98 Å². The van der Waals surface area contributed by atoms with Gasteiger partial charge in [0.05, 0.1) is 0 Å². The second kappa shape index (κ2) is 5.81. The number of rotatable bonds is 4. The number of hydrogen-bond acceptors (Lipinski definition) is 3. The fourth-order valence-electron chi connectivity index (χ4n) is 1.38. The summed E-state index contributed by atoms with van der Waals surface area (Å²) >= 11 is 2.22. The largest absolute Gasteiger partial charge is 0.489 e. The number of pyridine rings is 1. The SMILES string of the molecule is O=C(O)c1cc(COc2ccc(I)cc2)ccn1. The third-order valence-electron chi connectivity index (χ3n) is 2.26. The molecular formula is C13H10INO3. The molecule has 1 aromatic carbocycles. The summed E-state index contributed by atoms with van der Waals surface area (Å²) in [7, 11) is 0. The van der Waals surface area contributed by atoms with E-state index in [0.717, 1.165) is 14.9 Å². The highest BCUT2D eigenvalue weighted by Crippen LogP contribution is 2.15. The molecule has 0 amide bonds. The average Bonchev–Trinajstić information content (AvgIpc) is 2.38. The Morgan fingerprint density at radius 2 is 2.00 bits per heavy atom. The van der Waals surface area contributed by atoms with Gasteiger partial charge in [-0.3, -0.25) is 0 Å². The lowest BCUT2D eigenvalue weighted by Crippen LogP contribution is -2.02. The first-order valence-electron chi connectivity index (χ1n) is 5.22. The summed E-state index contributed by atoms with van der Waals surface area (Å²) < 4.78 is 6.69. The third-order valence-corrected chi connectivity index (χ3v) is 2.98. The molecule has 2 rings (SSSR count). The average molecular weight is 355 g/mol. The van der Waals surface area contributed by atoms with E-state index in [0.29, 0.717) is 6.61 Å². The maximum absolute atomic E-state index is 10.8. The van der Waals surface area contributed by atoms with Gasteiger partial charge in [-0.25, -0.2) is 9.78 Å².